The Morgan fingerprint density at radius 1 is 1.21 bits per heavy atom. The Kier molecular flexibility index (Phi) is 2.72. The first kappa shape index (κ1) is 12.1. The second-order valence-electron chi connectivity index (χ2n) is 4.67. The fraction of sp³-hybridized carbons (Fsp3) is 0.133. The molecule has 0 radical (unpaired) electrons. The lowest BCUT2D eigenvalue weighted by Crippen LogP contribution is -1.98. The van der Waals surface area contributed by atoms with Crippen LogP contribution in [0.5, 0.6) is 0 Å². The van der Waals surface area contributed by atoms with Gasteiger partial charge in [0.2, 0.25) is 0 Å². The van der Waals surface area contributed by atoms with Crippen molar-refractivity contribution < 1.29 is 0 Å². The highest BCUT2D eigenvalue weighted by Gasteiger charge is 2.14. The Morgan fingerprint density at radius 2 is 2.00 bits per heavy atom. The lowest BCUT2D eigenvalue weighted by atomic mass is 10.1. The van der Waals surface area contributed by atoms with Crippen molar-refractivity contribution in [3.63, 3.8) is 0 Å². The topological polar surface area (TPSA) is 43.8 Å². The number of aromatic nitrogens is 2. The number of benzene rings is 2. The van der Waals surface area contributed by atoms with Crippen LogP contribution in [-0.2, 0) is 7.05 Å². The largest absolute Gasteiger partial charge is 0.398 e. The van der Waals surface area contributed by atoms with Gasteiger partial charge in [-0.3, -0.25) is 0 Å². The molecule has 0 aliphatic rings. The minimum atomic E-state index is 0.690. The fourth-order valence-electron chi connectivity index (χ4n) is 2.39. The number of nitrogens with two attached hydrogens (primary N) is 1. The SMILES string of the molecule is Cc1cccc(N)c1-c1nc2cc(Cl)ccc2n1C. The number of hydrogen-bond donors (Lipinski definition) is 1. The average Bonchev–Trinajstić information content (AvgIpc) is 2.66. The summed E-state index contributed by atoms with van der Waals surface area (Å²) in [5.74, 6) is 0.868. The lowest BCUT2D eigenvalue weighted by molar-refractivity contribution is 0.958. The van der Waals surface area contributed by atoms with Crippen LogP contribution in [0.3, 0.4) is 0 Å². The van der Waals surface area contributed by atoms with Gasteiger partial charge in [-0.15, -0.1) is 0 Å². The number of imidazole rings is 1. The van der Waals surface area contributed by atoms with Gasteiger partial charge in [0, 0.05) is 23.3 Å². The van der Waals surface area contributed by atoms with Gasteiger partial charge in [0.15, 0.2) is 0 Å². The van der Waals surface area contributed by atoms with Crippen molar-refractivity contribution in [1.82, 2.24) is 9.55 Å². The summed E-state index contributed by atoms with van der Waals surface area (Å²) in [7, 11) is 1.99. The molecule has 19 heavy (non-hydrogen) atoms. The molecule has 1 aromatic heterocycles. The fourth-order valence-corrected chi connectivity index (χ4v) is 2.56. The first-order chi connectivity index (χ1) is 9.08. The summed E-state index contributed by atoms with van der Waals surface area (Å²) in [5.41, 5.74) is 10.9. The van der Waals surface area contributed by atoms with Gasteiger partial charge in [0.05, 0.1) is 11.0 Å². The van der Waals surface area contributed by atoms with Gasteiger partial charge < -0.3 is 10.3 Å². The van der Waals surface area contributed by atoms with Crippen LogP contribution in [0.25, 0.3) is 22.4 Å². The Balaban J connectivity index is 2.34. The van der Waals surface area contributed by atoms with E-state index in [2.05, 4.69) is 4.98 Å². The molecule has 0 atom stereocenters. The number of halogens is 1. The van der Waals surface area contributed by atoms with Crippen molar-refractivity contribution in [3.05, 3.63) is 47.0 Å². The lowest BCUT2D eigenvalue weighted by Gasteiger charge is -2.09. The van der Waals surface area contributed by atoms with Gasteiger partial charge in [0.1, 0.15) is 5.82 Å². The molecule has 96 valence electrons. The van der Waals surface area contributed by atoms with E-state index in [9.17, 15) is 0 Å². The third-order valence-electron chi connectivity index (χ3n) is 3.37. The van der Waals surface area contributed by atoms with Gasteiger partial charge in [-0.2, -0.15) is 0 Å². The van der Waals surface area contributed by atoms with Crippen LogP contribution in [0, 0.1) is 6.92 Å². The van der Waals surface area contributed by atoms with Crippen LogP contribution in [0.1, 0.15) is 5.56 Å². The maximum atomic E-state index is 6.09. The summed E-state index contributed by atoms with van der Waals surface area (Å²) < 4.78 is 2.05. The quantitative estimate of drug-likeness (QED) is 0.685. The van der Waals surface area contributed by atoms with Crippen molar-refractivity contribution in [2.45, 2.75) is 6.92 Å². The minimum Gasteiger partial charge on any atom is -0.398 e. The third-order valence-corrected chi connectivity index (χ3v) is 3.61. The third kappa shape index (κ3) is 1.87. The number of hydrogen-bond acceptors (Lipinski definition) is 2. The summed E-state index contributed by atoms with van der Waals surface area (Å²) in [5, 5.41) is 0.690. The van der Waals surface area contributed by atoms with E-state index in [0.717, 1.165) is 33.7 Å². The van der Waals surface area contributed by atoms with Crippen LogP contribution in [0.15, 0.2) is 36.4 Å². The first-order valence-electron chi connectivity index (χ1n) is 6.05. The Morgan fingerprint density at radius 3 is 2.74 bits per heavy atom. The van der Waals surface area contributed by atoms with E-state index >= 15 is 0 Å². The van der Waals surface area contributed by atoms with Crippen LogP contribution in [0.2, 0.25) is 5.02 Å². The monoisotopic (exact) mass is 271 g/mol. The van der Waals surface area contributed by atoms with Gasteiger partial charge in [-0.05, 0) is 36.8 Å². The second kappa shape index (κ2) is 4.28. The van der Waals surface area contributed by atoms with E-state index in [0.29, 0.717) is 5.02 Å². The molecule has 3 aromatic rings. The number of rotatable bonds is 1. The molecular formula is C15H14ClN3. The standard InChI is InChI=1S/C15H14ClN3/c1-9-4-3-5-11(17)14(9)15-18-12-8-10(16)6-7-13(12)19(15)2/h3-8H,17H2,1-2H3. The molecule has 1 heterocycles. The summed E-state index contributed by atoms with van der Waals surface area (Å²) in [6, 6.07) is 11.6. The van der Waals surface area contributed by atoms with E-state index in [1.54, 1.807) is 0 Å². The molecule has 0 aliphatic heterocycles. The van der Waals surface area contributed by atoms with Crippen molar-refractivity contribution >= 4 is 28.3 Å². The number of fused-ring (bicyclic) bond motifs is 1. The zero-order chi connectivity index (χ0) is 13.6. The maximum Gasteiger partial charge on any atom is 0.143 e. The molecule has 0 fully saturated rings. The van der Waals surface area contributed by atoms with Crippen molar-refractivity contribution in [1.29, 1.82) is 0 Å². The average molecular weight is 272 g/mol. The van der Waals surface area contributed by atoms with Crippen molar-refractivity contribution in [2.24, 2.45) is 7.05 Å². The van der Waals surface area contributed by atoms with Gasteiger partial charge in [-0.1, -0.05) is 23.7 Å². The molecule has 0 unspecified atom stereocenters. The zero-order valence-electron chi connectivity index (χ0n) is 10.8. The van der Waals surface area contributed by atoms with Crippen LogP contribution in [-0.4, -0.2) is 9.55 Å². The molecule has 0 saturated carbocycles. The van der Waals surface area contributed by atoms with Gasteiger partial charge in [-0.25, -0.2) is 4.98 Å². The predicted octanol–water partition coefficient (Wildman–Crippen LogP) is 3.78. The first-order valence-corrected chi connectivity index (χ1v) is 6.43. The summed E-state index contributed by atoms with van der Waals surface area (Å²) in [4.78, 5) is 4.66. The van der Waals surface area contributed by atoms with Crippen LogP contribution >= 0.6 is 11.6 Å². The molecule has 0 amide bonds. The molecule has 0 aliphatic carbocycles. The Labute approximate surface area is 116 Å². The molecule has 4 heteroatoms. The summed E-state index contributed by atoms with van der Waals surface area (Å²) in [6.45, 7) is 2.04. The van der Waals surface area contributed by atoms with E-state index < -0.39 is 0 Å². The predicted molar refractivity (Wildman–Crippen MR) is 80.3 cm³/mol. The smallest absolute Gasteiger partial charge is 0.143 e. The Hall–Kier alpha value is -2.00. The molecular weight excluding hydrogens is 258 g/mol. The summed E-state index contributed by atoms with van der Waals surface area (Å²) in [6.07, 6.45) is 0. The van der Waals surface area contributed by atoms with Crippen LogP contribution in [0.4, 0.5) is 5.69 Å². The highest BCUT2D eigenvalue weighted by molar-refractivity contribution is 6.31. The van der Waals surface area contributed by atoms with E-state index in [1.165, 1.54) is 0 Å². The number of anilines is 1. The number of nitrogen functional groups attached to an aromatic ring is 1. The number of nitrogens with zero attached hydrogens (tertiary/aromatic N) is 2. The van der Waals surface area contributed by atoms with Crippen molar-refractivity contribution in [3.8, 4) is 11.4 Å². The van der Waals surface area contributed by atoms with Crippen molar-refractivity contribution in [2.75, 3.05) is 5.73 Å². The van der Waals surface area contributed by atoms with Crippen LogP contribution < -0.4 is 5.73 Å². The van der Waals surface area contributed by atoms with E-state index in [4.69, 9.17) is 17.3 Å². The Bertz CT molecular complexity index is 754. The molecule has 3 nitrogen and oxygen atoms in total. The van der Waals surface area contributed by atoms with Gasteiger partial charge in [0.25, 0.3) is 0 Å². The zero-order valence-corrected chi connectivity index (χ0v) is 11.6. The maximum absolute atomic E-state index is 6.09. The second-order valence-corrected chi connectivity index (χ2v) is 5.10. The van der Waals surface area contributed by atoms with E-state index in [-0.39, 0.29) is 0 Å². The normalized spacial score (nSPS) is 11.1. The van der Waals surface area contributed by atoms with Gasteiger partial charge >= 0.3 is 0 Å². The highest BCUT2D eigenvalue weighted by Crippen LogP contribution is 2.31. The minimum absolute atomic E-state index is 0.690. The molecule has 2 N–H and O–H groups in total. The molecule has 0 spiro atoms. The number of aryl methyl sites for hydroxylation is 2. The molecule has 2 aromatic carbocycles. The van der Waals surface area contributed by atoms with E-state index in [1.807, 2.05) is 54.9 Å². The molecule has 3 rings (SSSR count). The highest BCUT2D eigenvalue weighted by atomic mass is 35.5. The molecule has 0 bridgehead atoms. The summed E-state index contributed by atoms with van der Waals surface area (Å²) >= 11 is 6.01. The molecule has 0 saturated heterocycles.